The SMILES string of the molecule is CC(=O)NCC(O)C(O)c1cc(Cl)cc(Cl)c1. The largest absolute Gasteiger partial charge is 0.388 e. The number of hydrogen-bond acceptors (Lipinski definition) is 3. The molecule has 4 nitrogen and oxygen atoms in total. The van der Waals surface area contributed by atoms with Crippen LogP contribution in [-0.4, -0.2) is 28.8 Å². The standard InChI is InChI=1S/C11H13Cl2NO3/c1-6(15)14-5-10(16)11(17)7-2-8(12)4-9(13)3-7/h2-4,10-11,16-17H,5H2,1H3,(H,14,15). The van der Waals surface area contributed by atoms with E-state index in [4.69, 9.17) is 23.2 Å². The molecule has 6 heteroatoms. The Morgan fingerprint density at radius 1 is 1.29 bits per heavy atom. The third kappa shape index (κ3) is 4.52. The second-order valence-electron chi connectivity index (χ2n) is 3.65. The smallest absolute Gasteiger partial charge is 0.216 e. The lowest BCUT2D eigenvalue weighted by molar-refractivity contribution is -0.119. The van der Waals surface area contributed by atoms with E-state index in [1.807, 2.05) is 0 Å². The Morgan fingerprint density at radius 3 is 2.29 bits per heavy atom. The van der Waals surface area contributed by atoms with E-state index in [9.17, 15) is 15.0 Å². The summed E-state index contributed by atoms with van der Waals surface area (Å²) in [7, 11) is 0. The molecule has 3 N–H and O–H groups in total. The molecular weight excluding hydrogens is 265 g/mol. The molecule has 1 aromatic rings. The first kappa shape index (κ1) is 14.3. The molecule has 0 saturated carbocycles. The third-order valence-electron chi connectivity index (χ3n) is 2.15. The molecule has 1 amide bonds. The number of aliphatic hydroxyl groups excluding tert-OH is 2. The number of halogens is 2. The fourth-order valence-electron chi connectivity index (χ4n) is 1.33. The molecule has 0 aliphatic carbocycles. The maximum atomic E-state index is 10.7. The van der Waals surface area contributed by atoms with Gasteiger partial charge < -0.3 is 15.5 Å². The summed E-state index contributed by atoms with van der Waals surface area (Å²) in [5.74, 6) is -0.277. The Hall–Kier alpha value is -0.810. The van der Waals surface area contributed by atoms with E-state index >= 15 is 0 Å². The molecule has 2 atom stereocenters. The van der Waals surface area contributed by atoms with Crippen LogP contribution in [0.15, 0.2) is 18.2 Å². The maximum absolute atomic E-state index is 10.7. The van der Waals surface area contributed by atoms with Crippen molar-refractivity contribution in [1.82, 2.24) is 5.32 Å². The van der Waals surface area contributed by atoms with Crippen molar-refractivity contribution in [3.05, 3.63) is 33.8 Å². The minimum absolute atomic E-state index is 0.0410. The van der Waals surface area contributed by atoms with Gasteiger partial charge in [-0.05, 0) is 23.8 Å². The average molecular weight is 278 g/mol. The zero-order valence-corrected chi connectivity index (χ0v) is 10.7. The second-order valence-corrected chi connectivity index (χ2v) is 4.52. The third-order valence-corrected chi connectivity index (χ3v) is 2.59. The molecule has 1 rings (SSSR count). The van der Waals surface area contributed by atoms with Crippen LogP contribution >= 0.6 is 23.2 Å². The number of carbonyl (C=O) groups is 1. The van der Waals surface area contributed by atoms with Crippen molar-refractivity contribution in [1.29, 1.82) is 0 Å². The highest BCUT2D eigenvalue weighted by molar-refractivity contribution is 6.34. The molecule has 0 saturated heterocycles. The lowest BCUT2D eigenvalue weighted by atomic mass is 10.0. The van der Waals surface area contributed by atoms with Crippen molar-refractivity contribution >= 4 is 29.1 Å². The molecule has 0 aliphatic heterocycles. The minimum Gasteiger partial charge on any atom is -0.388 e. The van der Waals surface area contributed by atoms with E-state index in [2.05, 4.69) is 5.32 Å². The minimum atomic E-state index is -1.15. The van der Waals surface area contributed by atoms with Crippen molar-refractivity contribution in [3.8, 4) is 0 Å². The first-order chi connectivity index (χ1) is 7.90. The van der Waals surface area contributed by atoms with Crippen LogP contribution in [0.1, 0.15) is 18.6 Å². The monoisotopic (exact) mass is 277 g/mol. The van der Waals surface area contributed by atoms with Crippen LogP contribution < -0.4 is 5.32 Å². The number of rotatable bonds is 4. The van der Waals surface area contributed by atoms with Crippen molar-refractivity contribution < 1.29 is 15.0 Å². The van der Waals surface area contributed by atoms with Crippen LogP contribution in [-0.2, 0) is 4.79 Å². The molecule has 0 bridgehead atoms. The molecule has 0 spiro atoms. The molecular formula is C11H13Cl2NO3. The van der Waals surface area contributed by atoms with Gasteiger partial charge in [0.1, 0.15) is 12.2 Å². The van der Waals surface area contributed by atoms with E-state index in [0.717, 1.165) is 0 Å². The lowest BCUT2D eigenvalue weighted by Crippen LogP contribution is -2.34. The summed E-state index contributed by atoms with van der Waals surface area (Å²) in [6.45, 7) is 1.29. The van der Waals surface area contributed by atoms with Gasteiger partial charge in [0.25, 0.3) is 0 Å². The predicted molar refractivity (Wildman–Crippen MR) is 66.1 cm³/mol. The normalized spacial score (nSPS) is 14.2. The zero-order valence-electron chi connectivity index (χ0n) is 9.15. The van der Waals surface area contributed by atoms with Crippen LogP contribution in [0.25, 0.3) is 0 Å². The second kappa shape index (κ2) is 6.21. The molecule has 0 aromatic heterocycles. The number of amides is 1. The van der Waals surface area contributed by atoms with E-state index in [1.165, 1.54) is 25.1 Å². The van der Waals surface area contributed by atoms with Gasteiger partial charge in [0, 0.05) is 23.5 Å². The molecule has 0 radical (unpaired) electrons. The van der Waals surface area contributed by atoms with Gasteiger partial charge in [0.15, 0.2) is 0 Å². The van der Waals surface area contributed by atoms with Crippen LogP contribution in [0.5, 0.6) is 0 Å². The molecule has 0 aliphatic rings. The van der Waals surface area contributed by atoms with Gasteiger partial charge >= 0.3 is 0 Å². The summed E-state index contributed by atoms with van der Waals surface area (Å²) in [6.07, 6.45) is -2.27. The van der Waals surface area contributed by atoms with Gasteiger partial charge in [0.05, 0.1) is 0 Å². The van der Waals surface area contributed by atoms with Crippen molar-refractivity contribution in [3.63, 3.8) is 0 Å². The Balaban J connectivity index is 2.73. The van der Waals surface area contributed by atoms with Gasteiger partial charge in [-0.1, -0.05) is 23.2 Å². The Labute approximate surface area is 109 Å². The number of carbonyl (C=O) groups excluding carboxylic acids is 1. The summed E-state index contributed by atoms with van der Waals surface area (Å²) in [4.78, 5) is 10.7. The van der Waals surface area contributed by atoms with Gasteiger partial charge in [-0.2, -0.15) is 0 Å². The van der Waals surface area contributed by atoms with Crippen molar-refractivity contribution in [2.75, 3.05) is 6.54 Å². The van der Waals surface area contributed by atoms with Crippen LogP contribution in [0.4, 0.5) is 0 Å². The highest BCUT2D eigenvalue weighted by Gasteiger charge is 2.19. The van der Waals surface area contributed by atoms with E-state index in [0.29, 0.717) is 15.6 Å². The average Bonchev–Trinajstić information content (AvgIpc) is 2.23. The number of benzene rings is 1. The topological polar surface area (TPSA) is 69.6 Å². The lowest BCUT2D eigenvalue weighted by Gasteiger charge is -2.18. The highest BCUT2D eigenvalue weighted by atomic mass is 35.5. The van der Waals surface area contributed by atoms with Gasteiger partial charge in [-0.15, -0.1) is 0 Å². The first-order valence-corrected chi connectivity index (χ1v) is 5.72. The van der Waals surface area contributed by atoms with E-state index < -0.39 is 12.2 Å². The number of aliphatic hydroxyl groups is 2. The maximum Gasteiger partial charge on any atom is 0.216 e. The zero-order chi connectivity index (χ0) is 13.0. The van der Waals surface area contributed by atoms with Crippen molar-refractivity contribution in [2.45, 2.75) is 19.1 Å². The Kier molecular flexibility index (Phi) is 5.21. The number of nitrogens with one attached hydrogen (secondary N) is 1. The summed E-state index contributed by atoms with van der Waals surface area (Å²) in [5, 5.41) is 22.6. The van der Waals surface area contributed by atoms with Gasteiger partial charge in [0.2, 0.25) is 5.91 Å². The Morgan fingerprint density at radius 2 is 1.82 bits per heavy atom. The molecule has 1 aromatic carbocycles. The molecule has 17 heavy (non-hydrogen) atoms. The summed E-state index contributed by atoms with van der Waals surface area (Å²) < 4.78 is 0. The fourth-order valence-corrected chi connectivity index (χ4v) is 1.87. The molecule has 2 unspecified atom stereocenters. The van der Waals surface area contributed by atoms with E-state index in [1.54, 1.807) is 0 Å². The highest BCUT2D eigenvalue weighted by Crippen LogP contribution is 2.25. The summed E-state index contributed by atoms with van der Waals surface area (Å²) in [6, 6.07) is 4.55. The van der Waals surface area contributed by atoms with E-state index in [-0.39, 0.29) is 12.5 Å². The van der Waals surface area contributed by atoms with Crippen LogP contribution in [0.3, 0.4) is 0 Å². The molecule has 0 heterocycles. The van der Waals surface area contributed by atoms with Gasteiger partial charge in [-0.25, -0.2) is 0 Å². The first-order valence-electron chi connectivity index (χ1n) is 4.96. The predicted octanol–water partition coefficient (Wildman–Crippen LogP) is 1.52. The molecule has 94 valence electrons. The van der Waals surface area contributed by atoms with Gasteiger partial charge in [-0.3, -0.25) is 4.79 Å². The summed E-state index contributed by atoms with van der Waals surface area (Å²) >= 11 is 11.6. The van der Waals surface area contributed by atoms with Crippen LogP contribution in [0, 0.1) is 0 Å². The number of hydrogen-bond donors (Lipinski definition) is 3. The summed E-state index contributed by atoms with van der Waals surface area (Å²) in [5.41, 5.74) is 0.403. The van der Waals surface area contributed by atoms with Crippen LogP contribution in [0.2, 0.25) is 10.0 Å². The quantitative estimate of drug-likeness (QED) is 0.782. The molecule has 0 fully saturated rings. The Bertz CT molecular complexity index is 391. The van der Waals surface area contributed by atoms with Crippen molar-refractivity contribution in [2.24, 2.45) is 0 Å². The fraction of sp³-hybridized carbons (Fsp3) is 0.364.